The lowest BCUT2D eigenvalue weighted by atomic mass is 10.2. The van der Waals surface area contributed by atoms with Crippen molar-refractivity contribution >= 4 is 27.8 Å². The van der Waals surface area contributed by atoms with Gasteiger partial charge in [-0.2, -0.15) is 9.67 Å². The van der Waals surface area contributed by atoms with E-state index in [1.165, 1.54) is 10.7 Å². The van der Waals surface area contributed by atoms with Crippen LogP contribution in [0.2, 0.25) is 0 Å². The Bertz CT molecular complexity index is 593. The molecule has 0 aliphatic carbocycles. The zero-order chi connectivity index (χ0) is 12.6. The maximum absolute atomic E-state index is 11.1. The van der Waals surface area contributed by atoms with Gasteiger partial charge in [-0.3, -0.25) is 4.79 Å². The smallest absolute Gasteiger partial charge is 0.248 e. The summed E-state index contributed by atoms with van der Waals surface area (Å²) in [5.74, 6) is 0.0108. The molecule has 0 radical (unpaired) electrons. The number of nitrogens with zero attached hydrogens (tertiary/aromatic N) is 4. The van der Waals surface area contributed by atoms with E-state index in [2.05, 4.69) is 31.0 Å². The van der Waals surface area contributed by atoms with Crippen LogP contribution in [0.4, 0.5) is 5.95 Å². The summed E-state index contributed by atoms with van der Waals surface area (Å²) in [6.07, 6.45) is 0. The average Bonchev–Trinajstić information content (AvgIpc) is 2.57. The number of amides is 1. The van der Waals surface area contributed by atoms with Crippen molar-refractivity contribution in [3.05, 3.63) is 28.1 Å². The number of hydrogen-bond donors (Lipinski definition) is 2. The number of nitrogens with two attached hydrogens (primary N) is 2. The SMILES string of the molecule is Cc1cc(C(N)=O)cc(-n2nc(N)nc2Br)n1. The van der Waals surface area contributed by atoms with Crippen LogP contribution in [0, 0.1) is 6.92 Å². The van der Waals surface area contributed by atoms with E-state index in [1.807, 2.05) is 0 Å². The first kappa shape index (κ1) is 11.5. The third-order valence-corrected chi connectivity index (χ3v) is 2.54. The van der Waals surface area contributed by atoms with Crippen LogP contribution in [0.3, 0.4) is 0 Å². The zero-order valence-electron chi connectivity index (χ0n) is 8.88. The van der Waals surface area contributed by atoms with Crippen molar-refractivity contribution in [3.63, 3.8) is 0 Å². The van der Waals surface area contributed by atoms with Crippen molar-refractivity contribution in [2.24, 2.45) is 5.73 Å². The Morgan fingerprint density at radius 2 is 2.12 bits per heavy atom. The molecule has 1 amide bonds. The Labute approximate surface area is 105 Å². The van der Waals surface area contributed by atoms with Gasteiger partial charge in [-0.05, 0) is 35.0 Å². The Balaban J connectivity index is 2.59. The summed E-state index contributed by atoms with van der Waals surface area (Å²) >= 11 is 3.19. The zero-order valence-corrected chi connectivity index (χ0v) is 10.5. The van der Waals surface area contributed by atoms with Crippen molar-refractivity contribution in [1.29, 1.82) is 0 Å². The minimum atomic E-state index is -0.527. The van der Waals surface area contributed by atoms with Gasteiger partial charge < -0.3 is 11.5 Å². The highest BCUT2D eigenvalue weighted by atomic mass is 79.9. The minimum absolute atomic E-state index is 0.112. The number of pyridine rings is 1. The quantitative estimate of drug-likeness (QED) is 0.833. The number of aromatic nitrogens is 4. The fraction of sp³-hybridized carbons (Fsp3) is 0.111. The second-order valence-electron chi connectivity index (χ2n) is 3.37. The summed E-state index contributed by atoms with van der Waals surface area (Å²) in [5, 5.41) is 3.94. The lowest BCUT2D eigenvalue weighted by Gasteiger charge is -2.04. The van der Waals surface area contributed by atoms with Crippen molar-refractivity contribution in [2.45, 2.75) is 6.92 Å². The van der Waals surface area contributed by atoms with E-state index in [-0.39, 0.29) is 5.95 Å². The molecule has 2 aromatic heterocycles. The molecule has 0 aromatic carbocycles. The first-order valence-electron chi connectivity index (χ1n) is 4.64. The maximum Gasteiger partial charge on any atom is 0.248 e. The van der Waals surface area contributed by atoms with Crippen molar-refractivity contribution < 1.29 is 4.79 Å². The van der Waals surface area contributed by atoms with Crippen molar-refractivity contribution in [2.75, 3.05) is 5.73 Å². The van der Waals surface area contributed by atoms with Crippen LogP contribution in [-0.2, 0) is 0 Å². The number of aryl methyl sites for hydroxylation is 1. The molecule has 0 saturated heterocycles. The van der Waals surface area contributed by atoms with E-state index in [4.69, 9.17) is 11.5 Å². The monoisotopic (exact) mass is 296 g/mol. The summed E-state index contributed by atoms with van der Waals surface area (Å²) in [6.45, 7) is 1.75. The van der Waals surface area contributed by atoms with Gasteiger partial charge in [0.15, 0.2) is 5.82 Å². The standard InChI is InChI=1S/C9H9BrN6O/c1-4-2-5(7(11)17)3-6(13-4)16-8(10)14-9(12)15-16/h2-3H,1H3,(H2,11,17)(H2,12,15). The van der Waals surface area contributed by atoms with Gasteiger partial charge in [0.05, 0.1) is 0 Å². The molecule has 8 heteroatoms. The number of primary amides is 1. The van der Waals surface area contributed by atoms with E-state index in [9.17, 15) is 4.79 Å². The molecule has 7 nitrogen and oxygen atoms in total. The van der Waals surface area contributed by atoms with Gasteiger partial charge in [-0.15, -0.1) is 5.10 Å². The van der Waals surface area contributed by atoms with Gasteiger partial charge in [-0.1, -0.05) is 0 Å². The number of carbonyl (C=O) groups is 1. The van der Waals surface area contributed by atoms with Gasteiger partial charge in [0.25, 0.3) is 0 Å². The first-order valence-corrected chi connectivity index (χ1v) is 5.43. The Morgan fingerprint density at radius 3 is 2.65 bits per heavy atom. The Morgan fingerprint density at radius 1 is 1.41 bits per heavy atom. The van der Waals surface area contributed by atoms with E-state index in [0.717, 1.165) is 0 Å². The summed E-state index contributed by atoms with van der Waals surface area (Å²) in [4.78, 5) is 19.2. The third-order valence-electron chi connectivity index (χ3n) is 2.03. The molecule has 2 heterocycles. The Hall–Kier alpha value is -1.96. The second kappa shape index (κ2) is 4.13. The van der Waals surface area contributed by atoms with Crippen LogP contribution >= 0.6 is 15.9 Å². The normalized spacial score (nSPS) is 10.5. The molecule has 0 aliphatic heterocycles. The maximum atomic E-state index is 11.1. The summed E-state index contributed by atoms with van der Waals surface area (Å²) in [6, 6.07) is 3.12. The molecule has 2 aromatic rings. The summed E-state index contributed by atoms with van der Waals surface area (Å²) in [7, 11) is 0. The van der Waals surface area contributed by atoms with Crippen LogP contribution in [-0.4, -0.2) is 25.7 Å². The van der Waals surface area contributed by atoms with Gasteiger partial charge in [-0.25, -0.2) is 4.98 Å². The molecule has 4 N–H and O–H groups in total. The predicted octanol–water partition coefficient (Wildman–Crippen LogP) is 0.414. The number of rotatable bonds is 2. The molecule has 0 unspecified atom stereocenters. The summed E-state index contributed by atoms with van der Waals surface area (Å²) < 4.78 is 1.79. The fourth-order valence-corrected chi connectivity index (χ4v) is 1.80. The molecular weight excluding hydrogens is 288 g/mol. The van der Waals surface area contributed by atoms with E-state index >= 15 is 0 Å². The van der Waals surface area contributed by atoms with Gasteiger partial charge in [0.2, 0.25) is 16.6 Å². The number of halogens is 1. The number of hydrogen-bond acceptors (Lipinski definition) is 5. The molecule has 0 aliphatic rings. The summed E-state index contributed by atoms with van der Waals surface area (Å²) in [5.41, 5.74) is 11.7. The van der Waals surface area contributed by atoms with Crippen molar-refractivity contribution in [1.82, 2.24) is 19.7 Å². The largest absolute Gasteiger partial charge is 0.366 e. The predicted molar refractivity (Wildman–Crippen MR) is 64.5 cm³/mol. The molecule has 17 heavy (non-hydrogen) atoms. The molecule has 88 valence electrons. The molecule has 0 bridgehead atoms. The molecule has 0 spiro atoms. The fourth-order valence-electron chi connectivity index (χ4n) is 1.36. The molecular formula is C9H9BrN6O. The lowest BCUT2D eigenvalue weighted by molar-refractivity contribution is 0.1000. The Kier molecular flexibility index (Phi) is 2.80. The highest BCUT2D eigenvalue weighted by Crippen LogP contribution is 2.15. The van der Waals surface area contributed by atoms with Crippen molar-refractivity contribution in [3.8, 4) is 5.82 Å². The minimum Gasteiger partial charge on any atom is -0.366 e. The van der Waals surface area contributed by atoms with E-state index < -0.39 is 5.91 Å². The lowest BCUT2D eigenvalue weighted by Crippen LogP contribution is -2.13. The number of anilines is 1. The highest BCUT2D eigenvalue weighted by molar-refractivity contribution is 9.10. The van der Waals surface area contributed by atoms with Crippen LogP contribution in [0.5, 0.6) is 0 Å². The third kappa shape index (κ3) is 2.26. The van der Waals surface area contributed by atoms with Crippen LogP contribution in [0.1, 0.15) is 16.1 Å². The molecule has 0 fully saturated rings. The highest BCUT2D eigenvalue weighted by Gasteiger charge is 2.11. The molecule has 2 rings (SSSR count). The second-order valence-corrected chi connectivity index (χ2v) is 4.08. The van der Waals surface area contributed by atoms with E-state index in [1.54, 1.807) is 13.0 Å². The number of nitrogen functional groups attached to an aromatic ring is 1. The average molecular weight is 297 g/mol. The topological polar surface area (TPSA) is 113 Å². The van der Waals surface area contributed by atoms with Gasteiger partial charge in [0.1, 0.15) is 0 Å². The number of carbonyl (C=O) groups excluding carboxylic acids is 1. The molecule has 0 atom stereocenters. The van der Waals surface area contributed by atoms with Gasteiger partial charge >= 0.3 is 0 Å². The van der Waals surface area contributed by atoms with Crippen LogP contribution in [0.25, 0.3) is 5.82 Å². The van der Waals surface area contributed by atoms with E-state index in [0.29, 0.717) is 21.8 Å². The first-order chi connectivity index (χ1) is 7.97. The van der Waals surface area contributed by atoms with Gasteiger partial charge in [0, 0.05) is 11.3 Å². The van der Waals surface area contributed by atoms with Crippen LogP contribution < -0.4 is 11.5 Å². The van der Waals surface area contributed by atoms with Crippen LogP contribution in [0.15, 0.2) is 16.9 Å². The molecule has 0 saturated carbocycles.